The van der Waals surface area contributed by atoms with Gasteiger partial charge in [0.15, 0.2) is 11.5 Å². The summed E-state index contributed by atoms with van der Waals surface area (Å²) in [6, 6.07) is 8.16. The molecule has 1 aromatic carbocycles. The van der Waals surface area contributed by atoms with Crippen LogP contribution in [0, 0.1) is 11.3 Å². The lowest BCUT2D eigenvalue weighted by atomic mass is 10.0. The number of piperazine rings is 1. The van der Waals surface area contributed by atoms with E-state index in [4.69, 9.17) is 9.47 Å². The molecule has 1 saturated heterocycles. The molecule has 1 fully saturated rings. The standard InChI is InChI=1S/C20H31N3O2/c1-4-6-7-14-25-19-9-8-17(15-20(19)24-5-2)18(16-21)23-12-10-22(3)11-13-23/h8-9,15,18H,4-7,10-14H2,1-3H3. The summed E-state index contributed by atoms with van der Waals surface area (Å²) in [6.45, 7) is 9.25. The third-order valence-corrected chi connectivity index (χ3v) is 4.61. The highest BCUT2D eigenvalue weighted by molar-refractivity contribution is 5.45. The normalized spacial score (nSPS) is 17.0. The van der Waals surface area contributed by atoms with E-state index in [-0.39, 0.29) is 6.04 Å². The molecule has 5 heteroatoms. The van der Waals surface area contributed by atoms with Crippen molar-refractivity contribution in [3.05, 3.63) is 23.8 Å². The molecule has 0 N–H and O–H groups in total. The third-order valence-electron chi connectivity index (χ3n) is 4.61. The van der Waals surface area contributed by atoms with Crippen LogP contribution in [-0.4, -0.2) is 56.2 Å². The molecule has 1 unspecified atom stereocenters. The maximum Gasteiger partial charge on any atom is 0.161 e. The summed E-state index contributed by atoms with van der Waals surface area (Å²) in [7, 11) is 2.12. The average Bonchev–Trinajstić information content (AvgIpc) is 2.62. The lowest BCUT2D eigenvalue weighted by Crippen LogP contribution is -2.45. The number of benzene rings is 1. The van der Waals surface area contributed by atoms with Crippen LogP contribution >= 0.6 is 0 Å². The number of hydrogen-bond donors (Lipinski definition) is 0. The topological polar surface area (TPSA) is 48.7 Å². The summed E-state index contributed by atoms with van der Waals surface area (Å²) in [5.74, 6) is 1.52. The molecule has 0 aliphatic carbocycles. The van der Waals surface area contributed by atoms with Gasteiger partial charge in [0.1, 0.15) is 6.04 Å². The third kappa shape index (κ3) is 5.62. The number of unbranched alkanes of at least 4 members (excludes halogenated alkanes) is 2. The zero-order valence-electron chi connectivity index (χ0n) is 15.8. The summed E-state index contributed by atoms with van der Waals surface area (Å²) in [4.78, 5) is 4.54. The van der Waals surface area contributed by atoms with Crippen LogP contribution < -0.4 is 9.47 Å². The Balaban J connectivity index is 2.11. The lowest BCUT2D eigenvalue weighted by Gasteiger charge is -2.35. The van der Waals surface area contributed by atoms with Crippen LogP contribution in [0.1, 0.15) is 44.7 Å². The molecule has 0 saturated carbocycles. The van der Waals surface area contributed by atoms with Crippen molar-refractivity contribution in [1.82, 2.24) is 9.80 Å². The van der Waals surface area contributed by atoms with E-state index in [2.05, 4.69) is 29.8 Å². The SMILES string of the molecule is CCCCCOc1ccc(C(C#N)N2CCN(C)CC2)cc1OCC. The Morgan fingerprint density at radius 3 is 2.48 bits per heavy atom. The molecule has 25 heavy (non-hydrogen) atoms. The predicted molar refractivity (Wildman–Crippen MR) is 100 cm³/mol. The van der Waals surface area contributed by atoms with Gasteiger partial charge in [0.25, 0.3) is 0 Å². The molecule has 0 aromatic heterocycles. The van der Waals surface area contributed by atoms with Gasteiger partial charge >= 0.3 is 0 Å². The number of ether oxygens (including phenoxy) is 2. The van der Waals surface area contributed by atoms with Gasteiger partial charge in [0.05, 0.1) is 19.3 Å². The Hall–Kier alpha value is -1.77. The molecule has 138 valence electrons. The van der Waals surface area contributed by atoms with Gasteiger partial charge in [-0.15, -0.1) is 0 Å². The fourth-order valence-electron chi connectivity index (χ4n) is 3.06. The van der Waals surface area contributed by atoms with Gasteiger partial charge < -0.3 is 14.4 Å². The van der Waals surface area contributed by atoms with Crippen molar-refractivity contribution in [3.63, 3.8) is 0 Å². The Morgan fingerprint density at radius 2 is 1.84 bits per heavy atom. The first kappa shape index (κ1) is 19.6. The predicted octanol–water partition coefficient (Wildman–Crippen LogP) is 3.47. The molecule has 0 spiro atoms. The molecular formula is C20H31N3O2. The van der Waals surface area contributed by atoms with Gasteiger partial charge in [-0.2, -0.15) is 5.26 Å². The number of nitrogens with zero attached hydrogens (tertiary/aromatic N) is 3. The fourth-order valence-corrected chi connectivity index (χ4v) is 3.06. The summed E-state index contributed by atoms with van der Waals surface area (Å²) in [5.41, 5.74) is 0.983. The van der Waals surface area contributed by atoms with Crippen LogP contribution in [0.5, 0.6) is 11.5 Å². The molecular weight excluding hydrogens is 314 g/mol. The van der Waals surface area contributed by atoms with Crippen LogP contribution in [0.25, 0.3) is 0 Å². The van der Waals surface area contributed by atoms with E-state index in [1.54, 1.807) is 0 Å². The molecule has 1 heterocycles. The minimum absolute atomic E-state index is 0.234. The van der Waals surface area contributed by atoms with Gasteiger partial charge in [-0.05, 0) is 38.1 Å². The Bertz CT molecular complexity index is 563. The van der Waals surface area contributed by atoms with Gasteiger partial charge in [-0.3, -0.25) is 4.90 Å². The second kappa shape index (κ2) is 10.3. The van der Waals surface area contributed by atoms with Crippen molar-refractivity contribution in [3.8, 4) is 17.6 Å². The van der Waals surface area contributed by atoms with Gasteiger partial charge in [-0.25, -0.2) is 0 Å². The van der Waals surface area contributed by atoms with Crippen molar-refractivity contribution >= 4 is 0 Å². The quantitative estimate of drug-likeness (QED) is 0.642. The van der Waals surface area contributed by atoms with Crippen LogP contribution in [0.2, 0.25) is 0 Å². The lowest BCUT2D eigenvalue weighted by molar-refractivity contribution is 0.132. The number of rotatable bonds is 9. The summed E-state index contributed by atoms with van der Waals surface area (Å²) >= 11 is 0. The molecule has 5 nitrogen and oxygen atoms in total. The van der Waals surface area contributed by atoms with Crippen LogP contribution in [0.15, 0.2) is 18.2 Å². The molecule has 1 aliphatic rings. The van der Waals surface area contributed by atoms with Gasteiger partial charge in [0.2, 0.25) is 0 Å². The minimum Gasteiger partial charge on any atom is -0.490 e. The average molecular weight is 345 g/mol. The fraction of sp³-hybridized carbons (Fsp3) is 0.650. The highest BCUT2D eigenvalue weighted by Crippen LogP contribution is 2.33. The van der Waals surface area contributed by atoms with Crippen molar-refractivity contribution < 1.29 is 9.47 Å². The second-order valence-corrected chi connectivity index (χ2v) is 6.57. The Labute approximate surface area is 152 Å². The van der Waals surface area contributed by atoms with E-state index < -0.39 is 0 Å². The molecule has 0 amide bonds. The van der Waals surface area contributed by atoms with E-state index in [0.29, 0.717) is 13.2 Å². The highest BCUT2D eigenvalue weighted by Gasteiger charge is 2.24. The largest absolute Gasteiger partial charge is 0.490 e. The first-order chi connectivity index (χ1) is 12.2. The first-order valence-electron chi connectivity index (χ1n) is 9.41. The van der Waals surface area contributed by atoms with Crippen LogP contribution in [0.3, 0.4) is 0 Å². The summed E-state index contributed by atoms with van der Waals surface area (Å²) in [5, 5.41) is 9.71. The van der Waals surface area contributed by atoms with Crippen molar-refractivity contribution in [1.29, 1.82) is 5.26 Å². The first-order valence-corrected chi connectivity index (χ1v) is 9.41. The molecule has 1 aliphatic heterocycles. The molecule has 2 rings (SSSR count). The number of nitriles is 1. The van der Waals surface area contributed by atoms with E-state index >= 15 is 0 Å². The Kier molecular flexibility index (Phi) is 8.03. The van der Waals surface area contributed by atoms with Crippen molar-refractivity contribution in [2.24, 2.45) is 0 Å². The van der Waals surface area contributed by atoms with Gasteiger partial charge in [0, 0.05) is 26.2 Å². The highest BCUT2D eigenvalue weighted by atomic mass is 16.5. The van der Waals surface area contributed by atoms with Crippen LogP contribution in [-0.2, 0) is 0 Å². The molecule has 1 aromatic rings. The molecule has 0 radical (unpaired) electrons. The Morgan fingerprint density at radius 1 is 1.08 bits per heavy atom. The second-order valence-electron chi connectivity index (χ2n) is 6.57. The van der Waals surface area contributed by atoms with E-state index in [1.807, 2.05) is 25.1 Å². The van der Waals surface area contributed by atoms with Crippen LogP contribution in [0.4, 0.5) is 0 Å². The number of likely N-dealkylation sites (N-methyl/N-ethyl adjacent to an activating group) is 1. The zero-order valence-corrected chi connectivity index (χ0v) is 15.8. The van der Waals surface area contributed by atoms with Gasteiger partial charge in [-0.1, -0.05) is 25.8 Å². The van der Waals surface area contributed by atoms with E-state index in [1.165, 1.54) is 12.8 Å². The van der Waals surface area contributed by atoms with Crippen molar-refractivity contribution in [2.75, 3.05) is 46.4 Å². The zero-order chi connectivity index (χ0) is 18.1. The smallest absolute Gasteiger partial charge is 0.161 e. The summed E-state index contributed by atoms with van der Waals surface area (Å²) in [6.07, 6.45) is 3.39. The van der Waals surface area contributed by atoms with E-state index in [9.17, 15) is 5.26 Å². The summed E-state index contributed by atoms with van der Waals surface area (Å²) < 4.78 is 11.7. The monoisotopic (exact) mass is 345 g/mol. The number of hydrogen-bond acceptors (Lipinski definition) is 5. The van der Waals surface area contributed by atoms with E-state index in [0.717, 1.165) is 49.7 Å². The molecule has 0 bridgehead atoms. The van der Waals surface area contributed by atoms with Crippen molar-refractivity contribution in [2.45, 2.75) is 39.2 Å². The maximum absolute atomic E-state index is 9.71. The minimum atomic E-state index is -0.234. The maximum atomic E-state index is 9.71. The molecule has 1 atom stereocenters.